The van der Waals surface area contributed by atoms with E-state index in [-0.39, 0.29) is 12.4 Å². The van der Waals surface area contributed by atoms with E-state index >= 15 is 0 Å². The molecule has 0 bridgehead atoms. The monoisotopic (exact) mass is 325 g/mol. The number of amides is 1. The number of benzene rings is 2. The Morgan fingerprint density at radius 1 is 0.958 bits per heavy atom. The zero-order valence-corrected chi connectivity index (χ0v) is 14.1. The van der Waals surface area contributed by atoms with Crippen LogP contribution in [0.4, 0.5) is 4.79 Å². The van der Waals surface area contributed by atoms with E-state index in [1.807, 2.05) is 62.4 Å². The number of hydrogen-bond donors (Lipinski definition) is 0. The van der Waals surface area contributed by atoms with Crippen LogP contribution < -0.4 is 0 Å². The Labute approximate surface area is 143 Å². The van der Waals surface area contributed by atoms with Crippen molar-refractivity contribution in [2.45, 2.75) is 32.9 Å². The third-order valence-electron chi connectivity index (χ3n) is 3.90. The number of nitrogens with zero attached hydrogens (tertiary/aromatic N) is 1. The predicted molar refractivity (Wildman–Crippen MR) is 93.9 cm³/mol. The molecule has 0 fully saturated rings. The fraction of sp³-hybridized carbons (Fsp3) is 0.300. The fourth-order valence-corrected chi connectivity index (χ4v) is 2.62. The van der Waals surface area contributed by atoms with Crippen LogP contribution in [0, 0.1) is 0 Å². The number of ketones is 1. The van der Waals surface area contributed by atoms with Crippen molar-refractivity contribution in [3.05, 3.63) is 71.8 Å². The number of likely N-dealkylation sites (N-methyl/N-ethyl adjacent to an activating group) is 1. The summed E-state index contributed by atoms with van der Waals surface area (Å²) in [4.78, 5) is 26.6. The van der Waals surface area contributed by atoms with E-state index in [1.54, 1.807) is 12.1 Å². The maximum atomic E-state index is 12.7. The van der Waals surface area contributed by atoms with E-state index in [0.29, 0.717) is 18.5 Å². The van der Waals surface area contributed by atoms with Crippen LogP contribution in [0.5, 0.6) is 0 Å². The summed E-state index contributed by atoms with van der Waals surface area (Å²) in [6, 6.07) is 18.0. The number of carbonyl (C=O) groups is 2. The fourth-order valence-electron chi connectivity index (χ4n) is 2.62. The van der Waals surface area contributed by atoms with E-state index in [1.165, 1.54) is 4.90 Å². The van der Waals surface area contributed by atoms with E-state index in [4.69, 9.17) is 4.74 Å². The smallest absolute Gasteiger partial charge is 0.410 e. The van der Waals surface area contributed by atoms with Crippen molar-refractivity contribution in [3.8, 4) is 0 Å². The second-order valence-electron chi connectivity index (χ2n) is 5.48. The molecule has 0 heterocycles. The minimum atomic E-state index is -0.513. The summed E-state index contributed by atoms with van der Waals surface area (Å²) >= 11 is 0. The van der Waals surface area contributed by atoms with Crippen molar-refractivity contribution in [3.63, 3.8) is 0 Å². The lowest BCUT2D eigenvalue weighted by molar-refractivity contribution is 0.0659. The van der Waals surface area contributed by atoms with Crippen LogP contribution in [0.3, 0.4) is 0 Å². The van der Waals surface area contributed by atoms with Crippen molar-refractivity contribution in [1.82, 2.24) is 4.90 Å². The topological polar surface area (TPSA) is 46.6 Å². The van der Waals surface area contributed by atoms with Gasteiger partial charge in [0.25, 0.3) is 0 Å². The highest BCUT2D eigenvalue weighted by atomic mass is 16.6. The molecule has 2 aromatic carbocycles. The Hall–Kier alpha value is -2.62. The maximum Gasteiger partial charge on any atom is 0.410 e. The molecule has 2 rings (SSSR count). The molecule has 0 saturated carbocycles. The Bertz CT molecular complexity index is 655. The minimum absolute atomic E-state index is 0.0587. The van der Waals surface area contributed by atoms with Gasteiger partial charge >= 0.3 is 6.09 Å². The molecule has 2 aromatic rings. The van der Waals surface area contributed by atoms with Gasteiger partial charge in [-0.25, -0.2) is 4.79 Å². The summed E-state index contributed by atoms with van der Waals surface area (Å²) in [5.74, 6) is -0.0587. The van der Waals surface area contributed by atoms with Gasteiger partial charge in [0.15, 0.2) is 5.78 Å². The first-order valence-electron chi connectivity index (χ1n) is 8.24. The molecule has 4 nitrogen and oxygen atoms in total. The molecule has 0 aliphatic rings. The molecule has 0 aromatic heterocycles. The van der Waals surface area contributed by atoms with Crippen molar-refractivity contribution >= 4 is 11.9 Å². The van der Waals surface area contributed by atoms with Gasteiger partial charge in [-0.15, -0.1) is 0 Å². The molecular weight excluding hydrogens is 302 g/mol. The van der Waals surface area contributed by atoms with Crippen LogP contribution in [0.25, 0.3) is 0 Å². The lowest BCUT2D eigenvalue weighted by Crippen LogP contribution is -2.44. The molecule has 0 aliphatic heterocycles. The van der Waals surface area contributed by atoms with E-state index < -0.39 is 12.1 Å². The summed E-state index contributed by atoms with van der Waals surface area (Å²) in [5, 5.41) is 0. The molecule has 0 N–H and O–H groups in total. The highest BCUT2D eigenvalue weighted by Crippen LogP contribution is 2.14. The van der Waals surface area contributed by atoms with Gasteiger partial charge in [0, 0.05) is 12.1 Å². The zero-order valence-electron chi connectivity index (χ0n) is 14.1. The lowest BCUT2D eigenvalue weighted by atomic mass is 10.0. The normalized spacial score (nSPS) is 11.6. The van der Waals surface area contributed by atoms with Gasteiger partial charge in [-0.2, -0.15) is 0 Å². The van der Waals surface area contributed by atoms with Crippen LogP contribution in [-0.2, 0) is 11.3 Å². The third kappa shape index (κ3) is 4.44. The van der Waals surface area contributed by atoms with Gasteiger partial charge in [0.05, 0.1) is 6.04 Å². The molecule has 4 heteroatoms. The molecule has 0 radical (unpaired) electrons. The second kappa shape index (κ2) is 8.87. The average Bonchev–Trinajstić information content (AvgIpc) is 2.65. The van der Waals surface area contributed by atoms with E-state index in [2.05, 4.69) is 0 Å². The van der Waals surface area contributed by atoms with Crippen molar-refractivity contribution in [2.24, 2.45) is 0 Å². The van der Waals surface area contributed by atoms with Gasteiger partial charge < -0.3 is 4.74 Å². The summed E-state index contributed by atoms with van der Waals surface area (Å²) in [7, 11) is 0. The molecule has 1 atom stereocenters. The molecule has 1 amide bonds. The zero-order chi connectivity index (χ0) is 17.4. The highest BCUT2D eigenvalue weighted by Gasteiger charge is 2.28. The number of Topliss-reactive ketones (excluding diaryl/α,β-unsaturated/α-hetero) is 1. The van der Waals surface area contributed by atoms with Crippen LogP contribution in [0.15, 0.2) is 60.7 Å². The van der Waals surface area contributed by atoms with Crippen LogP contribution in [0.1, 0.15) is 36.2 Å². The van der Waals surface area contributed by atoms with Crippen LogP contribution >= 0.6 is 0 Å². The Balaban J connectivity index is 2.06. The van der Waals surface area contributed by atoms with Crippen molar-refractivity contribution in [2.75, 3.05) is 6.54 Å². The summed E-state index contributed by atoms with van der Waals surface area (Å²) in [6.07, 6.45) is 0.0830. The highest BCUT2D eigenvalue weighted by molar-refractivity contribution is 6.01. The van der Waals surface area contributed by atoms with Gasteiger partial charge in [-0.3, -0.25) is 9.69 Å². The first-order chi connectivity index (χ1) is 11.7. The predicted octanol–water partition coefficient (Wildman–Crippen LogP) is 4.31. The minimum Gasteiger partial charge on any atom is -0.445 e. The summed E-state index contributed by atoms with van der Waals surface area (Å²) in [5.41, 5.74) is 1.53. The molecule has 24 heavy (non-hydrogen) atoms. The summed E-state index contributed by atoms with van der Waals surface area (Å²) < 4.78 is 5.38. The van der Waals surface area contributed by atoms with E-state index in [0.717, 1.165) is 5.56 Å². The van der Waals surface area contributed by atoms with Crippen molar-refractivity contribution in [1.29, 1.82) is 0 Å². The largest absolute Gasteiger partial charge is 0.445 e. The first kappa shape index (κ1) is 17.7. The Morgan fingerprint density at radius 3 is 2.08 bits per heavy atom. The average molecular weight is 325 g/mol. The number of rotatable bonds is 7. The quantitative estimate of drug-likeness (QED) is 0.713. The molecule has 0 aliphatic carbocycles. The van der Waals surface area contributed by atoms with Crippen LogP contribution in [0.2, 0.25) is 0 Å². The number of carbonyl (C=O) groups excluding carboxylic acids is 2. The van der Waals surface area contributed by atoms with Crippen LogP contribution in [-0.4, -0.2) is 29.4 Å². The Kier molecular flexibility index (Phi) is 6.55. The first-order valence-corrected chi connectivity index (χ1v) is 8.24. The molecule has 126 valence electrons. The van der Waals surface area contributed by atoms with Gasteiger partial charge in [0.1, 0.15) is 6.61 Å². The van der Waals surface area contributed by atoms with E-state index in [9.17, 15) is 9.59 Å². The van der Waals surface area contributed by atoms with Gasteiger partial charge in [0.2, 0.25) is 0 Å². The second-order valence-corrected chi connectivity index (χ2v) is 5.48. The SMILES string of the molecule is CCC(C(=O)c1ccccc1)N(CC)C(=O)OCc1ccccc1. The molecule has 0 spiro atoms. The molecular formula is C20H23NO3. The Morgan fingerprint density at radius 2 is 1.54 bits per heavy atom. The molecule has 0 saturated heterocycles. The standard InChI is InChI=1S/C20H23NO3/c1-3-18(19(22)17-13-9-6-10-14-17)21(4-2)20(23)24-15-16-11-7-5-8-12-16/h5-14,18H,3-4,15H2,1-2H3. The van der Waals surface area contributed by atoms with Gasteiger partial charge in [-0.05, 0) is 18.9 Å². The van der Waals surface area contributed by atoms with Crippen molar-refractivity contribution < 1.29 is 14.3 Å². The number of hydrogen-bond acceptors (Lipinski definition) is 3. The molecule has 1 unspecified atom stereocenters. The number of ether oxygens (including phenoxy) is 1. The summed E-state index contributed by atoms with van der Waals surface area (Å²) in [6.45, 7) is 4.38. The maximum absolute atomic E-state index is 12.7. The lowest BCUT2D eigenvalue weighted by Gasteiger charge is -2.28. The third-order valence-corrected chi connectivity index (χ3v) is 3.90. The van der Waals surface area contributed by atoms with Gasteiger partial charge in [-0.1, -0.05) is 67.6 Å².